The van der Waals surface area contributed by atoms with Crippen molar-refractivity contribution in [3.63, 3.8) is 0 Å². The highest BCUT2D eigenvalue weighted by Crippen LogP contribution is 2.36. The van der Waals surface area contributed by atoms with Gasteiger partial charge in [0.15, 0.2) is 12.4 Å². The van der Waals surface area contributed by atoms with E-state index < -0.39 is 23.7 Å². The summed E-state index contributed by atoms with van der Waals surface area (Å²) in [5.74, 6) is -1.77. The van der Waals surface area contributed by atoms with Crippen molar-refractivity contribution in [2.45, 2.75) is 42.4 Å². The molecule has 1 aliphatic carbocycles. The second-order valence-electron chi connectivity index (χ2n) is 9.06. The molecule has 1 atom stereocenters. The summed E-state index contributed by atoms with van der Waals surface area (Å²) in [5, 5.41) is 9.40. The number of amides is 2. The number of aryl methyl sites for hydroxylation is 2. The van der Waals surface area contributed by atoms with E-state index in [0.717, 1.165) is 53.6 Å². The number of fused-ring (bicyclic) bond motifs is 1. The molecule has 1 aliphatic heterocycles. The molecule has 1 aromatic heterocycles. The Morgan fingerprint density at radius 1 is 1.03 bits per heavy atom. The maximum atomic E-state index is 13.2. The Morgan fingerprint density at radius 3 is 2.50 bits per heavy atom. The summed E-state index contributed by atoms with van der Waals surface area (Å²) in [5.41, 5.74) is 3.43. The van der Waals surface area contributed by atoms with Crippen LogP contribution in [0.25, 0.3) is 0 Å². The number of thioether (sulfide) groups is 1. The first kappa shape index (κ1) is 25.4. The molecule has 1 unspecified atom stereocenters. The monoisotopic (exact) mass is 525 g/mol. The Morgan fingerprint density at radius 2 is 1.76 bits per heavy atom. The molecule has 8 nitrogen and oxygen atoms in total. The molecule has 5 rings (SSSR count). The number of nitriles is 1. The number of ketones is 1. The number of ether oxygens (including phenoxy) is 1. The van der Waals surface area contributed by atoms with Crippen molar-refractivity contribution in [1.29, 1.82) is 5.26 Å². The van der Waals surface area contributed by atoms with Crippen LogP contribution < -0.4 is 4.90 Å². The van der Waals surface area contributed by atoms with E-state index in [1.54, 1.807) is 30.3 Å². The number of anilines is 1. The van der Waals surface area contributed by atoms with E-state index in [9.17, 15) is 24.4 Å². The fourth-order valence-corrected chi connectivity index (χ4v) is 5.65. The highest BCUT2D eigenvalue weighted by Gasteiger charge is 2.41. The first-order valence-corrected chi connectivity index (χ1v) is 13.1. The highest BCUT2D eigenvalue weighted by atomic mass is 32.2. The molecule has 1 saturated heterocycles. The van der Waals surface area contributed by atoms with Crippen LogP contribution in [-0.2, 0) is 27.2 Å². The van der Waals surface area contributed by atoms with E-state index in [2.05, 4.69) is 11.1 Å². The van der Waals surface area contributed by atoms with Gasteiger partial charge in [-0.1, -0.05) is 42.1 Å². The maximum absolute atomic E-state index is 13.2. The van der Waals surface area contributed by atoms with Gasteiger partial charge in [-0.3, -0.25) is 14.4 Å². The lowest BCUT2D eigenvalue weighted by molar-refractivity contribution is -0.121. The minimum absolute atomic E-state index is 0.0154. The fourth-order valence-electron chi connectivity index (χ4n) is 4.56. The number of imide groups is 1. The molecule has 1 fully saturated rings. The smallest absolute Gasteiger partial charge is 0.338 e. The van der Waals surface area contributed by atoms with Gasteiger partial charge in [0.25, 0.3) is 0 Å². The second kappa shape index (κ2) is 11.0. The van der Waals surface area contributed by atoms with Gasteiger partial charge >= 0.3 is 5.97 Å². The SMILES string of the molecule is N#Cc1cc2c(nc1SC1CC(=O)N(c3ccc(C(=O)OCC(=O)c4ccccc4)cc3)C1=O)CCCC2. The molecule has 0 spiro atoms. The van der Waals surface area contributed by atoms with E-state index in [1.807, 2.05) is 6.07 Å². The first-order chi connectivity index (χ1) is 18.4. The quantitative estimate of drug-likeness (QED) is 0.255. The van der Waals surface area contributed by atoms with Crippen LogP contribution in [0.2, 0.25) is 0 Å². The summed E-state index contributed by atoms with van der Waals surface area (Å²) < 4.78 is 5.12. The molecule has 0 bridgehead atoms. The van der Waals surface area contributed by atoms with E-state index >= 15 is 0 Å². The molecule has 2 aromatic carbocycles. The van der Waals surface area contributed by atoms with Crippen LogP contribution in [0.5, 0.6) is 0 Å². The van der Waals surface area contributed by atoms with Crippen molar-refractivity contribution >= 4 is 41.0 Å². The molecule has 0 radical (unpaired) electrons. The number of carbonyl (C=O) groups is 4. The molecule has 190 valence electrons. The number of pyridine rings is 1. The summed E-state index contributed by atoms with van der Waals surface area (Å²) in [6.07, 6.45) is 3.83. The number of benzene rings is 2. The third-order valence-corrected chi connectivity index (χ3v) is 7.72. The minimum atomic E-state index is -0.697. The normalized spacial score (nSPS) is 16.6. The van der Waals surface area contributed by atoms with Crippen molar-refractivity contribution < 1.29 is 23.9 Å². The molecule has 2 heterocycles. The van der Waals surface area contributed by atoms with Crippen LogP contribution in [0.1, 0.15) is 56.8 Å². The van der Waals surface area contributed by atoms with Crippen LogP contribution in [-0.4, -0.2) is 40.4 Å². The van der Waals surface area contributed by atoms with E-state index in [0.29, 0.717) is 21.8 Å². The Balaban J connectivity index is 1.25. The molecule has 2 amide bonds. The fraction of sp³-hybridized carbons (Fsp3) is 0.241. The van der Waals surface area contributed by atoms with Gasteiger partial charge in [0, 0.05) is 17.7 Å². The summed E-state index contributed by atoms with van der Waals surface area (Å²) >= 11 is 1.15. The highest BCUT2D eigenvalue weighted by molar-refractivity contribution is 8.00. The molecule has 2 aliphatic rings. The lowest BCUT2D eigenvalue weighted by Crippen LogP contribution is -2.31. The predicted octanol–water partition coefficient (Wildman–Crippen LogP) is 4.30. The summed E-state index contributed by atoms with van der Waals surface area (Å²) in [7, 11) is 0. The van der Waals surface area contributed by atoms with Gasteiger partial charge in [0.05, 0.1) is 22.1 Å². The Bertz CT molecular complexity index is 1460. The number of nitrogens with zero attached hydrogens (tertiary/aromatic N) is 3. The van der Waals surface area contributed by atoms with Crippen LogP contribution in [0.15, 0.2) is 65.7 Å². The van der Waals surface area contributed by atoms with Gasteiger partial charge in [0.2, 0.25) is 11.8 Å². The van der Waals surface area contributed by atoms with E-state index in [4.69, 9.17) is 4.74 Å². The van der Waals surface area contributed by atoms with Crippen LogP contribution in [0.4, 0.5) is 5.69 Å². The number of hydrogen-bond acceptors (Lipinski definition) is 8. The minimum Gasteiger partial charge on any atom is -0.454 e. The Labute approximate surface area is 223 Å². The van der Waals surface area contributed by atoms with Gasteiger partial charge in [-0.2, -0.15) is 5.26 Å². The molecular weight excluding hydrogens is 502 g/mol. The largest absolute Gasteiger partial charge is 0.454 e. The summed E-state index contributed by atoms with van der Waals surface area (Å²) in [4.78, 5) is 56.3. The Kier molecular flexibility index (Phi) is 7.33. The van der Waals surface area contributed by atoms with E-state index in [-0.39, 0.29) is 23.7 Å². The number of carbonyl (C=O) groups excluding carboxylic acids is 4. The third-order valence-electron chi connectivity index (χ3n) is 6.54. The maximum Gasteiger partial charge on any atom is 0.338 e. The zero-order valence-electron chi connectivity index (χ0n) is 20.4. The second-order valence-corrected chi connectivity index (χ2v) is 10.2. The van der Waals surface area contributed by atoms with Crippen LogP contribution in [0.3, 0.4) is 0 Å². The average Bonchev–Trinajstić information content (AvgIpc) is 3.23. The zero-order chi connectivity index (χ0) is 26.6. The molecule has 3 aromatic rings. The van der Waals surface area contributed by atoms with Crippen molar-refractivity contribution in [1.82, 2.24) is 4.98 Å². The standard InChI is InChI=1S/C29H23N3O5S/c30-16-21-14-20-8-4-5-9-23(20)31-27(21)38-25-15-26(34)32(28(25)35)22-12-10-19(11-13-22)29(36)37-17-24(33)18-6-2-1-3-7-18/h1-3,6-7,10-14,25H,4-5,8-9,15,17H2. The topological polar surface area (TPSA) is 117 Å². The van der Waals surface area contributed by atoms with Gasteiger partial charge < -0.3 is 4.74 Å². The van der Waals surface area contributed by atoms with Crippen molar-refractivity contribution in [2.75, 3.05) is 11.5 Å². The molecule has 9 heteroatoms. The summed E-state index contributed by atoms with van der Waals surface area (Å²) in [6, 6.07) is 18.4. The molecular formula is C29H23N3O5S. The van der Waals surface area contributed by atoms with Crippen molar-refractivity contribution in [3.05, 3.63) is 88.6 Å². The predicted molar refractivity (Wildman–Crippen MR) is 140 cm³/mol. The molecule has 0 saturated carbocycles. The Hall–Kier alpha value is -4.29. The zero-order valence-corrected chi connectivity index (χ0v) is 21.2. The van der Waals surface area contributed by atoms with Crippen LogP contribution in [0, 0.1) is 11.3 Å². The average molecular weight is 526 g/mol. The number of aromatic nitrogens is 1. The van der Waals surface area contributed by atoms with Crippen molar-refractivity contribution in [2.24, 2.45) is 0 Å². The lowest BCUT2D eigenvalue weighted by Gasteiger charge is -2.18. The van der Waals surface area contributed by atoms with Crippen LogP contribution >= 0.6 is 11.8 Å². The number of rotatable bonds is 7. The lowest BCUT2D eigenvalue weighted by atomic mass is 9.95. The first-order valence-electron chi connectivity index (χ1n) is 12.3. The number of Topliss-reactive ketones (excluding diaryl/α,β-unsaturated/α-hetero) is 1. The van der Waals surface area contributed by atoms with Crippen molar-refractivity contribution in [3.8, 4) is 6.07 Å². The van der Waals surface area contributed by atoms with Gasteiger partial charge in [0.1, 0.15) is 11.1 Å². The number of esters is 1. The van der Waals surface area contributed by atoms with Gasteiger partial charge in [-0.15, -0.1) is 0 Å². The molecule has 38 heavy (non-hydrogen) atoms. The van der Waals surface area contributed by atoms with Gasteiger partial charge in [-0.25, -0.2) is 14.7 Å². The molecule has 0 N–H and O–H groups in total. The third kappa shape index (κ3) is 5.22. The number of hydrogen-bond donors (Lipinski definition) is 0. The van der Waals surface area contributed by atoms with Gasteiger partial charge in [-0.05, 0) is 61.6 Å². The summed E-state index contributed by atoms with van der Waals surface area (Å²) in [6.45, 7) is -0.395. The van der Waals surface area contributed by atoms with E-state index in [1.165, 1.54) is 24.3 Å².